The second kappa shape index (κ2) is 7.48. The van der Waals surface area contributed by atoms with Crippen molar-refractivity contribution < 1.29 is 0 Å². The summed E-state index contributed by atoms with van der Waals surface area (Å²) in [6.45, 7) is 4.88. The van der Waals surface area contributed by atoms with E-state index in [1.54, 1.807) is 12.3 Å². The number of hydrogen-bond acceptors (Lipinski definition) is 3. The molecule has 2 aromatic rings. The Kier molecular flexibility index (Phi) is 5.65. The quantitative estimate of drug-likeness (QED) is 0.615. The van der Waals surface area contributed by atoms with E-state index in [1.807, 2.05) is 29.8 Å². The number of aryl methyl sites for hydroxylation is 2. The average molecular weight is 325 g/mol. The highest BCUT2D eigenvalue weighted by Gasteiger charge is 2.11. The van der Waals surface area contributed by atoms with Gasteiger partial charge < -0.3 is 0 Å². The van der Waals surface area contributed by atoms with Crippen LogP contribution in [0.5, 0.6) is 0 Å². The predicted molar refractivity (Wildman–Crippen MR) is 89.6 cm³/mol. The lowest BCUT2D eigenvalue weighted by molar-refractivity contribution is 0.569. The van der Waals surface area contributed by atoms with Crippen molar-refractivity contribution in [2.45, 2.75) is 33.2 Å². The molecule has 0 aliphatic heterocycles. The number of para-hydroxylation sites is 1. The van der Waals surface area contributed by atoms with Gasteiger partial charge in [-0.3, -0.25) is 10.1 Å². The predicted octanol–water partition coefficient (Wildman–Crippen LogP) is 4.74. The minimum Gasteiger partial charge on any atom is -0.277 e. The maximum absolute atomic E-state index is 6.33. The number of rotatable bonds is 6. The summed E-state index contributed by atoms with van der Waals surface area (Å²) in [4.78, 5) is 0. The van der Waals surface area contributed by atoms with Crippen LogP contribution < -0.4 is 5.43 Å². The summed E-state index contributed by atoms with van der Waals surface area (Å²) in [5, 5.41) is 9.86. The lowest BCUT2D eigenvalue weighted by Crippen LogP contribution is -2.00. The minimum absolute atomic E-state index is 0.616. The van der Waals surface area contributed by atoms with E-state index in [0.717, 1.165) is 36.3 Å². The first-order chi connectivity index (χ1) is 10.1. The summed E-state index contributed by atoms with van der Waals surface area (Å²) in [7, 11) is 0. The van der Waals surface area contributed by atoms with E-state index >= 15 is 0 Å². The lowest BCUT2D eigenvalue weighted by atomic mass is 10.3. The highest BCUT2D eigenvalue weighted by atomic mass is 35.5. The van der Waals surface area contributed by atoms with Gasteiger partial charge >= 0.3 is 0 Å². The molecule has 2 rings (SSSR count). The first-order valence-electron chi connectivity index (χ1n) is 6.90. The van der Waals surface area contributed by atoms with Crippen LogP contribution in [0.15, 0.2) is 29.4 Å². The number of nitrogens with zero attached hydrogens (tertiary/aromatic N) is 3. The summed E-state index contributed by atoms with van der Waals surface area (Å²) in [5.41, 5.74) is 5.35. The standard InChI is InChI=1S/C15H18Cl2N4/c1-3-4-9-21-15(17)12(11(2)20-21)10-18-19-14-8-6-5-7-13(14)16/h5-8,10,19H,3-4,9H2,1-2H3/b18-10-. The van der Waals surface area contributed by atoms with Gasteiger partial charge in [-0.15, -0.1) is 0 Å². The maximum atomic E-state index is 6.33. The second-order valence-corrected chi connectivity index (χ2v) is 5.48. The number of nitrogens with one attached hydrogen (secondary N) is 1. The molecule has 1 aromatic heterocycles. The molecule has 0 saturated carbocycles. The Morgan fingerprint density at radius 1 is 1.33 bits per heavy atom. The third kappa shape index (κ3) is 3.99. The molecular weight excluding hydrogens is 307 g/mol. The Hall–Kier alpha value is -1.52. The van der Waals surface area contributed by atoms with Crippen molar-refractivity contribution in [1.29, 1.82) is 0 Å². The number of aromatic nitrogens is 2. The Morgan fingerprint density at radius 2 is 2.10 bits per heavy atom. The zero-order valence-electron chi connectivity index (χ0n) is 12.1. The highest BCUT2D eigenvalue weighted by molar-refractivity contribution is 6.33. The van der Waals surface area contributed by atoms with Crippen molar-refractivity contribution in [3.63, 3.8) is 0 Å². The van der Waals surface area contributed by atoms with Crippen LogP contribution in [0.25, 0.3) is 0 Å². The molecule has 0 unspecified atom stereocenters. The Balaban J connectivity index is 2.10. The molecule has 1 aromatic carbocycles. The minimum atomic E-state index is 0.616. The third-order valence-corrected chi connectivity index (χ3v) is 3.81. The molecule has 6 heteroatoms. The van der Waals surface area contributed by atoms with Crippen molar-refractivity contribution in [2.75, 3.05) is 5.43 Å². The second-order valence-electron chi connectivity index (χ2n) is 4.72. The fourth-order valence-electron chi connectivity index (χ4n) is 1.89. The molecule has 1 heterocycles. The van der Waals surface area contributed by atoms with Crippen LogP contribution in [0, 0.1) is 6.92 Å². The topological polar surface area (TPSA) is 42.2 Å². The molecular formula is C15H18Cl2N4. The van der Waals surface area contributed by atoms with Crippen molar-refractivity contribution in [1.82, 2.24) is 9.78 Å². The van der Waals surface area contributed by atoms with Gasteiger partial charge in [-0.2, -0.15) is 10.2 Å². The van der Waals surface area contributed by atoms with Crippen LogP contribution in [0.4, 0.5) is 5.69 Å². The summed E-state index contributed by atoms with van der Waals surface area (Å²) < 4.78 is 1.82. The molecule has 112 valence electrons. The van der Waals surface area contributed by atoms with Crippen LogP contribution in [0.1, 0.15) is 31.0 Å². The number of unbranched alkanes of at least 4 members (excludes halogenated alkanes) is 1. The Morgan fingerprint density at radius 3 is 2.81 bits per heavy atom. The molecule has 4 nitrogen and oxygen atoms in total. The van der Waals surface area contributed by atoms with Crippen LogP contribution in [-0.4, -0.2) is 16.0 Å². The van der Waals surface area contributed by atoms with E-state index in [0.29, 0.717) is 10.2 Å². The number of halogens is 2. The monoisotopic (exact) mass is 324 g/mol. The van der Waals surface area contributed by atoms with Gasteiger partial charge in [-0.05, 0) is 25.5 Å². The summed E-state index contributed by atoms with van der Waals surface area (Å²) in [5.74, 6) is 0. The molecule has 0 aliphatic rings. The van der Waals surface area contributed by atoms with Crippen LogP contribution in [-0.2, 0) is 6.54 Å². The zero-order valence-corrected chi connectivity index (χ0v) is 13.6. The van der Waals surface area contributed by atoms with Gasteiger partial charge in [0, 0.05) is 6.54 Å². The molecule has 1 N–H and O–H groups in total. The van der Waals surface area contributed by atoms with Crippen molar-refractivity contribution in [3.05, 3.63) is 45.7 Å². The molecule has 0 atom stereocenters. The summed E-state index contributed by atoms with van der Waals surface area (Å²) >= 11 is 12.4. The highest BCUT2D eigenvalue weighted by Crippen LogP contribution is 2.21. The van der Waals surface area contributed by atoms with Crippen molar-refractivity contribution >= 4 is 35.1 Å². The normalized spacial score (nSPS) is 11.2. The average Bonchev–Trinajstić information content (AvgIpc) is 2.74. The SMILES string of the molecule is CCCCn1nc(C)c(/C=N\Nc2ccccc2Cl)c1Cl. The van der Waals surface area contributed by atoms with Crippen LogP contribution >= 0.6 is 23.2 Å². The van der Waals surface area contributed by atoms with Crippen LogP contribution in [0.2, 0.25) is 10.2 Å². The smallest absolute Gasteiger partial charge is 0.136 e. The van der Waals surface area contributed by atoms with Gasteiger partial charge in [-0.1, -0.05) is 48.7 Å². The van der Waals surface area contributed by atoms with E-state index in [4.69, 9.17) is 23.2 Å². The van der Waals surface area contributed by atoms with Crippen LogP contribution in [0.3, 0.4) is 0 Å². The molecule has 0 amide bonds. The van der Waals surface area contributed by atoms with E-state index < -0.39 is 0 Å². The molecule has 0 saturated heterocycles. The number of hydrogen-bond donors (Lipinski definition) is 1. The largest absolute Gasteiger partial charge is 0.277 e. The lowest BCUT2D eigenvalue weighted by Gasteiger charge is -2.02. The fourth-order valence-corrected chi connectivity index (χ4v) is 2.37. The Labute approximate surface area is 134 Å². The zero-order chi connectivity index (χ0) is 15.2. The molecule has 0 bridgehead atoms. The maximum Gasteiger partial charge on any atom is 0.136 e. The summed E-state index contributed by atoms with van der Waals surface area (Å²) in [6.07, 6.45) is 3.83. The molecule has 0 fully saturated rings. The molecule has 0 aliphatic carbocycles. The van der Waals surface area contributed by atoms with Gasteiger partial charge in [0.2, 0.25) is 0 Å². The number of hydrazone groups is 1. The van der Waals surface area contributed by atoms with E-state index in [1.165, 1.54) is 0 Å². The third-order valence-electron chi connectivity index (χ3n) is 3.09. The Bertz CT molecular complexity index is 635. The van der Waals surface area contributed by atoms with Gasteiger partial charge in [0.05, 0.1) is 28.2 Å². The first kappa shape index (κ1) is 15.9. The van der Waals surface area contributed by atoms with E-state index in [9.17, 15) is 0 Å². The van der Waals surface area contributed by atoms with Crippen molar-refractivity contribution in [3.8, 4) is 0 Å². The van der Waals surface area contributed by atoms with Gasteiger partial charge in [-0.25, -0.2) is 0 Å². The van der Waals surface area contributed by atoms with Crippen molar-refractivity contribution in [2.24, 2.45) is 5.10 Å². The molecule has 0 spiro atoms. The van der Waals surface area contributed by atoms with Gasteiger partial charge in [0.1, 0.15) is 5.15 Å². The van der Waals surface area contributed by atoms with E-state index in [2.05, 4.69) is 22.5 Å². The number of benzene rings is 1. The van der Waals surface area contributed by atoms with E-state index in [-0.39, 0.29) is 0 Å². The fraction of sp³-hybridized carbons (Fsp3) is 0.333. The van der Waals surface area contributed by atoms with Gasteiger partial charge in [0.15, 0.2) is 0 Å². The number of anilines is 1. The molecule has 0 radical (unpaired) electrons. The molecule has 21 heavy (non-hydrogen) atoms. The van der Waals surface area contributed by atoms with Gasteiger partial charge in [0.25, 0.3) is 0 Å². The summed E-state index contributed by atoms with van der Waals surface area (Å²) in [6, 6.07) is 7.43. The first-order valence-corrected chi connectivity index (χ1v) is 7.65.